The summed E-state index contributed by atoms with van der Waals surface area (Å²) in [4.78, 5) is 11.5. The van der Waals surface area contributed by atoms with Gasteiger partial charge in [-0.1, -0.05) is 0 Å². The van der Waals surface area contributed by atoms with Crippen molar-refractivity contribution in [2.24, 2.45) is 0 Å². The number of aliphatic hydroxyl groups is 1. The lowest BCUT2D eigenvalue weighted by Gasteiger charge is -2.02. The number of hydrogen-bond acceptors (Lipinski definition) is 5. The lowest BCUT2D eigenvalue weighted by molar-refractivity contribution is 0.283. The van der Waals surface area contributed by atoms with Gasteiger partial charge in [0, 0.05) is 13.2 Å². The second-order valence-electron chi connectivity index (χ2n) is 2.67. The zero-order valence-corrected chi connectivity index (χ0v) is 7.48. The molecule has 0 amide bonds. The molecule has 0 radical (unpaired) electrons. The van der Waals surface area contributed by atoms with Gasteiger partial charge in [0.05, 0.1) is 0 Å². The summed E-state index contributed by atoms with van der Waals surface area (Å²) in [7, 11) is 0. The fourth-order valence-electron chi connectivity index (χ4n) is 0.944. The minimum atomic E-state index is 0.270. The van der Waals surface area contributed by atoms with Crippen molar-refractivity contribution >= 4 is 5.95 Å². The summed E-state index contributed by atoms with van der Waals surface area (Å²) in [5, 5.41) is 11.6. The topological polar surface area (TPSA) is 70.9 Å². The van der Waals surface area contributed by atoms with Gasteiger partial charge < -0.3 is 10.4 Å². The van der Waals surface area contributed by atoms with Crippen molar-refractivity contribution in [1.29, 1.82) is 0 Å². The highest BCUT2D eigenvalue weighted by Gasteiger charge is 1.92. The Morgan fingerprint density at radius 3 is 2.62 bits per heavy atom. The van der Waals surface area contributed by atoms with Gasteiger partial charge in [-0.3, -0.25) is 0 Å². The molecule has 0 aliphatic carbocycles. The highest BCUT2D eigenvalue weighted by Crippen LogP contribution is 1.96. The first-order valence-corrected chi connectivity index (χ1v) is 4.40. The third kappa shape index (κ3) is 4.37. The fourth-order valence-corrected chi connectivity index (χ4v) is 0.944. The molecular formula is C8H14N4O. The minimum absolute atomic E-state index is 0.270. The van der Waals surface area contributed by atoms with Gasteiger partial charge in [-0.2, -0.15) is 0 Å². The van der Waals surface area contributed by atoms with Crippen molar-refractivity contribution in [2.45, 2.75) is 19.3 Å². The van der Waals surface area contributed by atoms with E-state index in [1.807, 2.05) is 0 Å². The van der Waals surface area contributed by atoms with Crippen molar-refractivity contribution in [3.63, 3.8) is 0 Å². The molecule has 2 N–H and O–H groups in total. The van der Waals surface area contributed by atoms with Crippen molar-refractivity contribution in [2.75, 3.05) is 18.5 Å². The Labute approximate surface area is 77.3 Å². The molecule has 0 saturated carbocycles. The normalized spacial score (nSPS) is 9.92. The van der Waals surface area contributed by atoms with Crippen LogP contribution in [0, 0.1) is 0 Å². The van der Waals surface area contributed by atoms with Gasteiger partial charge in [0.1, 0.15) is 12.7 Å². The van der Waals surface area contributed by atoms with Crippen LogP contribution in [0.2, 0.25) is 0 Å². The highest BCUT2D eigenvalue weighted by atomic mass is 16.2. The third-order valence-corrected chi connectivity index (χ3v) is 1.61. The molecule has 0 spiro atoms. The Balaban J connectivity index is 2.07. The largest absolute Gasteiger partial charge is 0.396 e. The zero-order chi connectivity index (χ0) is 9.36. The van der Waals surface area contributed by atoms with Crippen LogP contribution in [0.5, 0.6) is 0 Å². The molecule has 5 nitrogen and oxygen atoms in total. The second kappa shape index (κ2) is 6.30. The molecule has 0 fully saturated rings. The van der Waals surface area contributed by atoms with Gasteiger partial charge >= 0.3 is 0 Å². The average Bonchev–Trinajstić information content (AvgIpc) is 2.19. The highest BCUT2D eigenvalue weighted by molar-refractivity contribution is 5.19. The third-order valence-electron chi connectivity index (χ3n) is 1.61. The molecular weight excluding hydrogens is 168 g/mol. The first-order valence-electron chi connectivity index (χ1n) is 4.40. The lowest BCUT2D eigenvalue weighted by atomic mass is 10.2. The van der Waals surface area contributed by atoms with Crippen LogP contribution in [-0.2, 0) is 0 Å². The smallest absolute Gasteiger partial charge is 0.225 e. The van der Waals surface area contributed by atoms with Gasteiger partial charge in [0.25, 0.3) is 0 Å². The number of unbranched alkanes of at least 4 members (excludes halogenated alkanes) is 2. The predicted octanol–water partition coefficient (Wildman–Crippen LogP) is 0.446. The van der Waals surface area contributed by atoms with Gasteiger partial charge in [0.2, 0.25) is 5.95 Å². The van der Waals surface area contributed by atoms with Crippen molar-refractivity contribution in [1.82, 2.24) is 15.0 Å². The van der Waals surface area contributed by atoms with E-state index in [1.165, 1.54) is 12.7 Å². The van der Waals surface area contributed by atoms with E-state index >= 15 is 0 Å². The number of rotatable bonds is 6. The molecule has 0 saturated heterocycles. The van der Waals surface area contributed by atoms with Crippen LogP contribution >= 0.6 is 0 Å². The average molecular weight is 182 g/mol. The first kappa shape index (κ1) is 9.85. The van der Waals surface area contributed by atoms with E-state index in [9.17, 15) is 0 Å². The predicted molar refractivity (Wildman–Crippen MR) is 49.3 cm³/mol. The summed E-state index contributed by atoms with van der Waals surface area (Å²) in [6.45, 7) is 1.11. The van der Waals surface area contributed by atoms with E-state index in [2.05, 4.69) is 20.3 Å². The van der Waals surface area contributed by atoms with Crippen LogP contribution in [0.3, 0.4) is 0 Å². The lowest BCUT2D eigenvalue weighted by Crippen LogP contribution is -2.05. The van der Waals surface area contributed by atoms with Crippen molar-refractivity contribution in [3.05, 3.63) is 12.7 Å². The molecule has 0 atom stereocenters. The van der Waals surface area contributed by atoms with E-state index in [0.717, 1.165) is 25.8 Å². The summed E-state index contributed by atoms with van der Waals surface area (Å²) in [5.74, 6) is 0.610. The Morgan fingerprint density at radius 1 is 1.15 bits per heavy atom. The second-order valence-corrected chi connectivity index (χ2v) is 2.67. The van der Waals surface area contributed by atoms with E-state index in [4.69, 9.17) is 5.11 Å². The molecule has 1 heterocycles. The Hall–Kier alpha value is -1.23. The first-order chi connectivity index (χ1) is 6.43. The molecule has 72 valence electrons. The standard InChI is InChI=1S/C8H14N4O/c13-5-3-1-2-4-10-8-11-6-9-7-12-8/h6-7,13H,1-5H2,(H,9,10,11,12). The Bertz CT molecular complexity index is 217. The van der Waals surface area contributed by atoms with Crippen LogP contribution < -0.4 is 5.32 Å². The summed E-state index contributed by atoms with van der Waals surface area (Å²) in [6, 6.07) is 0. The van der Waals surface area contributed by atoms with Crippen molar-refractivity contribution in [3.8, 4) is 0 Å². The van der Waals surface area contributed by atoms with Crippen LogP contribution in [0.15, 0.2) is 12.7 Å². The Kier molecular flexibility index (Phi) is 4.78. The van der Waals surface area contributed by atoms with E-state index in [-0.39, 0.29) is 6.61 Å². The molecule has 0 aliphatic rings. The van der Waals surface area contributed by atoms with Gasteiger partial charge in [-0.15, -0.1) is 0 Å². The van der Waals surface area contributed by atoms with Crippen LogP contribution in [0.25, 0.3) is 0 Å². The molecule has 13 heavy (non-hydrogen) atoms. The zero-order valence-electron chi connectivity index (χ0n) is 7.48. The maximum absolute atomic E-state index is 8.53. The summed E-state index contributed by atoms with van der Waals surface area (Å²) >= 11 is 0. The molecule has 1 aromatic heterocycles. The summed E-state index contributed by atoms with van der Waals surface area (Å²) < 4.78 is 0. The molecule has 0 aromatic carbocycles. The number of aliphatic hydroxyl groups excluding tert-OH is 1. The molecule has 0 aliphatic heterocycles. The van der Waals surface area contributed by atoms with E-state index < -0.39 is 0 Å². The van der Waals surface area contributed by atoms with Crippen LogP contribution in [-0.4, -0.2) is 33.2 Å². The number of nitrogens with zero attached hydrogens (tertiary/aromatic N) is 3. The maximum Gasteiger partial charge on any atom is 0.225 e. The summed E-state index contributed by atoms with van der Waals surface area (Å²) in [6.07, 6.45) is 5.83. The van der Waals surface area contributed by atoms with Gasteiger partial charge in [-0.05, 0) is 19.3 Å². The quantitative estimate of drug-likeness (QED) is 0.625. The number of hydrogen-bond donors (Lipinski definition) is 2. The van der Waals surface area contributed by atoms with Gasteiger partial charge in [-0.25, -0.2) is 15.0 Å². The fraction of sp³-hybridized carbons (Fsp3) is 0.625. The van der Waals surface area contributed by atoms with Gasteiger partial charge in [0.15, 0.2) is 0 Å². The number of anilines is 1. The van der Waals surface area contributed by atoms with E-state index in [1.54, 1.807) is 0 Å². The van der Waals surface area contributed by atoms with E-state index in [0.29, 0.717) is 5.95 Å². The molecule has 1 aromatic rings. The SMILES string of the molecule is OCCCCCNc1ncncn1. The molecule has 0 unspecified atom stereocenters. The van der Waals surface area contributed by atoms with Crippen LogP contribution in [0.4, 0.5) is 5.95 Å². The van der Waals surface area contributed by atoms with Crippen LogP contribution in [0.1, 0.15) is 19.3 Å². The minimum Gasteiger partial charge on any atom is -0.396 e. The summed E-state index contributed by atoms with van der Waals surface area (Å²) in [5.41, 5.74) is 0. The maximum atomic E-state index is 8.53. The Morgan fingerprint density at radius 2 is 1.92 bits per heavy atom. The molecule has 0 bridgehead atoms. The number of aromatic nitrogens is 3. The number of nitrogens with one attached hydrogen (secondary N) is 1. The molecule has 5 heteroatoms. The van der Waals surface area contributed by atoms with Crippen molar-refractivity contribution < 1.29 is 5.11 Å². The monoisotopic (exact) mass is 182 g/mol. The molecule has 1 rings (SSSR count).